The number of amides is 2. The standard InChI is InChI=1S/C18H17F2N5O2/c1-3-21-17(26)25-15-9-8-13-16(24-15)23-14(10-22-13)11-4-6-12(7-5-11)27-18(2,19)20/h4-10H,3H2,1-2H3,(H2,21,23,24,25,26). The van der Waals surface area contributed by atoms with Crippen LogP contribution in [0.3, 0.4) is 0 Å². The van der Waals surface area contributed by atoms with Crippen molar-refractivity contribution in [2.75, 3.05) is 11.9 Å². The van der Waals surface area contributed by atoms with Crippen molar-refractivity contribution in [3.05, 3.63) is 42.6 Å². The number of ether oxygens (including phenoxy) is 1. The second kappa shape index (κ2) is 7.48. The van der Waals surface area contributed by atoms with E-state index in [4.69, 9.17) is 0 Å². The van der Waals surface area contributed by atoms with Crippen LogP contribution in [0.2, 0.25) is 0 Å². The summed E-state index contributed by atoms with van der Waals surface area (Å²) in [4.78, 5) is 24.6. The minimum Gasteiger partial charge on any atom is -0.433 e. The summed E-state index contributed by atoms with van der Waals surface area (Å²) in [5.41, 5.74) is 2.09. The average Bonchev–Trinajstić information content (AvgIpc) is 2.60. The summed E-state index contributed by atoms with van der Waals surface area (Å²) in [6, 6.07) is 9.03. The maximum absolute atomic E-state index is 12.9. The van der Waals surface area contributed by atoms with Gasteiger partial charge in [0.2, 0.25) is 0 Å². The smallest absolute Gasteiger partial charge is 0.394 e. The molecule has 2 heterocycles. The first-order chi connectivity index (χ1) is 12.8. The molecule has 0 unspecified atom stereocenters. The molecular weight excluding hydrogens is 356 g/mol. The fourth-order valence-electron chi connectivity index (χ4n) is 2.33. The highest BCUT2D eigenvalue weighted by Gasteiger charge is 2.23. The van der Waals surface area contributed by atoms with Crippen LogP contribution in [-0.2, 0) is 0 Å². The average molecular weight is 373 g/mol. The van der Waals surface area contributed by atoms with E-state index >= 15 is 0 Å². The largest absolute Gasteiger partial charge is 0.433 e. The summed E-state index contributed by atoms with van der Waals surface area (Å²) in [7, 11) is 0. The number of carbonyl (C=O) groups excluding carboxylic acids is 1. The third kappa shape index (κ3) is 4.84. The Morgan fingerprint density at radius 2 is 1.89 bits per heavy atom. The Balaban J connectivity index is 1.85. The van der Waals surface area contributed by atoms with Gasteiger partial charge in [0.25, 0.3) is 0 Å². The first-order valence-corrected chi connectivity index (χ1v) is 8.20. The van der Waals surface area contributed by atoms with Gasteiger partial charge in [0, 0.05) is 19.0 Å². The van der Waals surface area contributed by atoms with Crippen molar-refractivity contribution in [3.63, 3.8) is 0 Å². The van der Waals surface area contributed by atoms with E-state index in [1.54, 1.807) is 30.5 Å². The van der Waals surface area contributed by atoms with Crippen molar-refractivity contribution in [1.82, 2.24) is 20.3 Å². The minimum absolute atomic E-state index is 0.0477. The Kier molecular flexibility index (Phi) is 5.11. The lowest BCUT2D eigenvalue weighted by molar-refractivity contribution is -0.158. The monoisotopic (exact) mass is 373 g/mol. The molecule has 0 radical (unpaired) electrons. The molecule has 9 heteroatoms. The summed E-state index contributed by atoms with van der Waals surface area (Å²) < 4.78 is 30.3. The molecular formula is C18H17F2N5O2. The van der Waals surface area contributed by atoms with E-state index in [1.807, 2.05) is 6.92 Å². The van der Waals surface area contributed by atoms with Crippen molar-refractivity contribution in [2.45, 2.75) is 20.0 Å². The van der Waals surface area contributed by atoms with Gasteiger partial charge in [-0.25, -0.2) is 14.8 Å². The number of halogens is 2. The third-order valence-corrected chi connectivity index (χ3v) is 3.43. The summed E-state index contributed by atoms with van der Waals surface area (Å²) >= 11 is 0. The van der Waals surface area contributed by atoms with Gasteiger partial charge in [-0.3, -0.25) is 10.3 Å². The zero-order valence-corrected chi connectivity index (χ0v) is 14.7. The molecule has 0 aliphatic carbocycles. The number of benzene rings is 1. The lowest BCUT2D eigenvalue weighted by Crippen LogP contribution is -2.28. The van der Waals surface area contributed by atoms with Crippen molar-refractivity contribution in [3.8, 4) is 17.0 Å². The summed E-state index contributed by atoms with van der Waals surface area (Å²) in [5.74, 6) is 0.389. The van der Waals surface area contributed by atoms with E-state index in [2.05, 4.69) is 30.3 Å². The number of urea groups is 1. The summed E-state index contributed by atoms with van der Waals surface area (Å²) in [6.45, 7) is 2.98. The highest BCUT2D eigenvalue weighted by molar-refractivity contribution is 5.89. The summed E-state index contributed by atoms with van der Waals surface area (Å²) in [6.07, 6.45) is -1.69. The fraction of sp³-hybridized carbons (Fsp3) is 0.222. The zero-order valence-electron chi connectivity index (χ0n) is 14.7. The van der Waals surface area contributed by atoms with Gasteiger partial charge in [0.05, 0.1) is 11.9 Å². The number of aromatic nitrogens is 3. The molecule has 2 N–H and O–H groups in total. The van der Waals surface area contributed by atoms with Gasteiger partial charge in [-0.1, -0.05) is 0 Å². The van der Waals surface area contributed by atoms with Crippen LogP contribution in [-0.4, -0.2) is 33.6 Å². The van der Waals surface area contributed by atoms with Crippen LogP contribution >= 0.6 is 0 Å². The molecule has 0 spiro atoms. The molecule has 7 nitrogen and oxygen atoms in total. The van der Waals surface area contributed by atoms with E-state index in [-0.39, 0.29) is 11.8 Å². The van der Waals surface area contributed by atoms with Crippen LogP contribution in [0, 0.1) is 0 Å². The van der Waals surface area contributed by atoms with Crippen molar-refractivity contribution in [2.24, 2.45) is 0 Å². The molecule has 3 rings (SSSR count). The number of pyridine rings is 1. The first-order valence-electron chi connectivity index (χ1n) is 8.20. The Morgan fingerprint density at radius 3 is 2.56 bits per heavy atom. The normalized spacial score (nSPS) is 11.3. The number of nitrogens with one attached hydrogen (secondary N) is 2. The predicted octanol–water partition coefficient (Wildman–Crippen LogP) is 3.82. The molecule has 3 aromatic rings. The highest BCUT2D eigenvalue weighted by Crippen LogP contribution is 2.25. The Hall–Kier alpha value is -3.36. The molecule has 2 amide bonds. The van der Waals surface area contributed by atoms with Gasteiger partial charge >= 0.3 is 12.1 Å². The number of nitrogens with zero attached hydrogens (tertiary/aromatic N) is 3. The molecule has 0 fully saturated rings. The van der Waals surface area contributed by atoms with Crippen LogP contribution in [0.1, 0.15) is 13.8 Å². The van der Waals surface area contributed by atoms with Gasteiger partial charge in [0.1, 0.15) is 17.1 Å². The maximum Gasteiger partial charge on any atom is 0.394 e. The van der Waals surface area contributed by atoms with Gasteiger partial charge < -0.3 is 10.1 Å². The third-order valence-electron chi connectivity index (χ3n) is 3.43. The second-order valence-corrected chi connectivity index (χ2v) is 5.71. The first kappa shape index (κ1) is 18.4. The molecule has 1 aromatic carbocycles. The Bertz CT molecular complexity index is 958. The number of hydrogen-bond donors (Lipinski definition) is 2. The maximum atomic E-state index is 12.9. The molecule has 0 saturated heterocycles. The van der Waals surface area contributed by atoms with E-state index in [0.717, 1.165) is 0 Å². The topological polar surface area (TPSA) is 89.0 Å². The Morgan fingerprint density at radius 1 is 1.15 bits per heavy atom. The molecule has 0 aliphatic rings. The Labute approximate surface area is 153 Å². The van der Waals surface area contributed by atoms with E-state index < -0.39 is 6.11 Å². The highest BCUT2D eigenvalue weighted by atomic mass is 19.3. The number of alkyl halides is 2. The lowest BCUT2D eigenvalue weighted by atomic mass is 10.1. The SMILES string of the molecule is CCNC(=O)Nc1ccc2ncc(-c3ccc(OC(C)(F)F)cc3)nc2n1. The van der Waals surface area contributed by atoms with Crippen LogP contribution in [0.4, 0.5) is 19.4 Å². The second-order valence-electron chi connectivity index (χ2n) is 5.71. The quantitative estimate of drug-likeness (QED) is 0.710. The van der Waals surface area contributed by atoms with Crippen molar-refractivity contribution >= 4 is 23.0 Å². The number of anilines is 1. The van der Waals surface area contributed by atoms with Crippen LogP contribution < -0.4 is 15.4 Å². The summed E-state index contributed by atoms with van der Waals surface area (Å²) in [5, 5.41) is 5.22. The van der Waals surface area contributed by atoms with Gasteiger partial charge in [-0.15, -0.1) is 0 Å². The fourth-order valence-corrected chi connectivity index (χ4v) is 2.33. The minimum atomic E-state index is -3.25. The predicted molar refractivity (Wildman–Crippen MR) is 96.7 cm³/mol. The number of fused-ring (bicyclic) bond motifs is 1. The van der Waals surface area contributed by atoms with Crippen LogP contribution in [0.15, 0.2) is 42.6 Å². The van der Waals surface area contributed by atoms with Gasteiger partial charge in [-0.05, 0) is 43.3 Å². The molecule has 2 aromatic heterocycles. The van der Waals surface area contributed by atoms with E-state index in [0.29, 0.717) is 41.7 Å². The zero-order chi connectivity index (χ0) is 19.4. The van der Waals surface area contributed by atoms with Crippen molar-refractivity contribution < 1.29 is 18.3 Å². The number of rotatable bonds is 5. The van der Waals surface area contributed by atoms with Crippen LogP contribution in [0.25, 0.3) is 22.4 Å². The van der Waals surface area contributed by atoms with Gasteiger partial charge in [0.15, 0.2) is 5.65 Å². The van der Waals surface area contributed by atoms with Crippen molar-refractivity contribution in [1.29, 1.82) is 0 Å². The lowest BCUT2D eigenvalue weighted by Gasteiger charge is -2.13. The van der Waals surface area contributed by atoms with E-state index in [9.17, 15) is 13.6 Å². The van der Waals surface area contributed by atoms with E-state index in [1.165, 1.54) is 12.1 Å². The molecule has 0 bridgehead atoms. The molecule has 0 aliphatic heterocycles. The number of hydrogen-bond acceptors (Lipinski definition) is 5. The molecule has 0 saturated carbocycles. The molecule has 0 atom stereocenters. The number of carbonyl (C=O) groups is 1. The van der Waals surface area contributed by atoms with Crippen LogP contribution in [0.5, 0.6) is 5.75 Å². The van der Waals surface area contributed by atoms with Gasteiger partial charge in [-0.2, -0.15) is 8.78 Å². The molecule has 27 heavy (non-hydrogen) atoms. The molecule has 140 valence electrons.